The van der Waals surface area contributed by atoms with Crippen LogP contribution in [0.25, 0.3) is 0 Å². The molecule has 0 saturated heterocycles. The Balaban J connectivity index is 2.15. The average molecular weight is 346 g/mol. The molecule has 0 spiro atoms. The van der Waals surface area contributed by atoms with Crippen molar-refractivity contribution in [3.8, 4) is 0 Å². The fourth-order valence-corrected chi connectivity index (χ4v) is 2.83. The van der Waals surface area contributed by atoms with Crippen LogP contribution in [-0.2, 0) is 5.41 Å². The van der Waals surface area contributed by atoms with E-state index in [-0.39, 0.29) is 5.41 Å². The standard InChI is InChI=1S/C19H24BrN/c1-5-18(14-7-6-8-16(20)13-14)21-17-11-9-15(10-12-17)19(2,3)4/h6-13,18,21H,5H2,1-4H3. The van der Waals surface area contributed by atoms with Gasteiger partial charge in [-0.05, 0) is 47.2 Å². The van der Waals surface area contributed by atoms with Crippen LogP contribution < -0.4 is 5.32 Å². The van der Waals surface area contributed by atoms with Gasteiger partial charge in [-0.1, -0.05) is 67.9 Å². The largest absolute Gasteiger partial charge is 0.378 e. The number of rotatable bonds is 4. The molecule has 0 fully saturated rings. The normalized spacial score (nSPS) is 13.0. The van der Waals surface area contributed by atoms with Gasteiger partial charge in [0.05, 0.1) is 6.04 Å². The second kappa shape index (κ2) is 6.65. The maximum absolute atomic E-state index is 3.63. The molecule has 0 heterocycles. The predicted molar refractivity (Wildman–Crippen MR) is 95.9 cm³/mol. The van der Waals surface area contributed by atoms with Crippen LogP contribution in [0.2, 0.25) is 0 Å². The van der Waals surface area contributed by atoms with Crippen molar-refractivity contribution in [2.24, 2.45) is 0 Å². The first kappa shape index (κ1) is 16.1. The van der Waals surface area contributed by atoms with E-state index in [1.165, 1.54) is 16.8 Å². The number of hydrogen-bond acceptors (Lipinski definition) is 1. The monoisotopic (exact) mass is 345 g/mol. The molecule has 2 rings (SSSR count). The summed E-state index contributed by atoms with van der Waals surface area (Å²) in [6.07, 6.45) is 1.05. The van der Waals surface area contributed by atoms with Crippen molar-refractivity contribution in [3.63, 3.8) is 0 Å². The molecule has 1 nitrogen and oxygen atoms in total. The first-order chi connectivity index (χ1) is 9.90. The molecule has 0 aliphatic carbocycles. The lowest BCUT2D eigenvalue weighted by atomic mass is 9.87. The lowest BCUT2D eigenvalue weighted by molar-refractivity contribution is 0.590. The van der Waals surface area contributed by atoms with E-state index < -0.39 is 0 Å². The molecule has 21 heavy (non-hydrogen) atoms. The molecule has 1 atom stereocenters. The van der Waals surface area contributed by atoms with Gasteiger partial charge >= 0.3 is 0 Å². The van der Waals surface area contributed by atoms with Gasteiger partial charge in [0.15, 0.2) is 0 Å². The summed E-state index contributed by atoms with van der Waals surface area (Å²) in [5.41, 5.74) is 4.05. The van der Waals surface area contributed by atoms with E-state index in [1.54, 1.807) is 0 Å². The molecule has 1 unspecified atom stereocenters. The van der Waals surface area contributed by atoms with E-state index in [1.807, 2.05) is 0 Å². The second-order valence-corrected chi connectivity index (χ2v) is 7.40. The molecule has 0 bridgehead atoms. The molecule has 0 saturated carbocycles. The highest BCUT2D eigenvalue weighted by molar-refractivity contribution is 9.10. The number of anilines is 1. The molecule has 1 N–H and O–H groups in total. The Morgan fingerprint density at radius 1 is 1.05 bits per heavy atom. The van der Waals surface area contributed by atoms with Crippen molar-refractivity contribution in [2.75, 3.05) is 5.32 Å². The molecular formula is C19H24BrN. The minimum Gasteiger partial charge on any atom is -0.378 e. The molecule has 112 valence electrons. The highest BCUT2D eigenvalue weighted by atomic mass is 79.9. The first-order valence-electron chi connectivity index (χ1n) is 7.52. The Kier molecular flexibility index (Phi) is 5.10. The molecular weight excluding hydrogens is 322 g/mol. The van der Waals surface area contributed by atoms with Crippen LogP contribution in [0.15, 0.2) is 53.0 Å². The van der Waals surface area contributed by atoms with Crippen molar-refractivity contribution in [3.05, 3.63) is 64.1 Å². The number of halogens is 1. The molecule has 0 radical (unpaired) electrons. The third-order valence-corrected chi connectivity index (χ3v) is 4.24. The molecule has 0 aliphatic rings. The average Bonchev–Trinajstić information content (AvgIpc) is 2.44. The van der Waals surface area contributed by atoms with E-state index in [9.17, 15) is 0 Å². The molecule has 0 amide bonds. The summed E-state index contributed by atoms with van der Waals surface area (Å²) in [6.45, 7) is 8.94. The van der Waals surface area contributed by atoms with Gasteiger partial charge in [-0.2, -0.15) is 0 Å². The quantitative estimate of drug-likeness (QED) is 0.684. The summed E-state index contributed by atoms with van der Waals surface area (Å²) in [4.78, 5) is 0. The minimum atomic E-state index is 0.201. The van der Waals surface area contributed by atoms with Crippen LogP contribution in [-0.4, -0.2) is 0 Å². The summed E-state index contributed by atoms with van der Waals surface area (Å²) in [5, 5.41) is 3.63. The zero-order valence-corrected chi connectivity index (χ0v) is 14.9. The van der Waals surface area contributed by atoms with Crippen LogP contribution in [0.3, 0.4) is 0 Å². The Morgan fingerprint density at radius 3 is 2.24 bits per heavy atom. The fourth-order valence-electron chi connectivity index (χ4n) is 2.41. The van der Waals surface area contributed by atoms with Crippen LogP contribution in [0, 0.1) is 0 Å². The van der Waals surface area contributed by atoms with E-state index >= 15 is 0 Å². The topological polar surface area (TPSA) is 12.0 Å². The van der Waals surface area contributed by atoms with Crippen LogP contribution in [0.1, 0.15) is 51.3 Å². The Morgan fingerprint density at radius 2 is 1.71 bits per heavy atom. The molecule has 0 aromatic heterocycles. The van der Waals surface area contributed by atoms with E-state index in [0.29, 0.717) is 6.04 Å². The van der Waals surface area contributed by atoms with Crippen molar-refractivity contribution < 1.29 is 0 Å². The maximum Gasteiger partial charge on any atom is 0.0511 e. The summed E-state index contributed by atoms with van der Waals surface area (Å²) < 4.78 is 1.13. The van der Waals surface area contributed by atoms with Gasteiger partial charge in [-0.25, -0.2) is 0 Å². The Bertz CT molecular complexity index is 581. The van der Waals surface area contributed by atoms with E-state index in [4.69, 9.17) is 0 Å². The number of nitrogens with one attached hydrogen (secondary N) is 1. The van der Waals surface area contributed by atoms with Crippen molar-refractivity contribution >= 4 is 21.6 Å². The van der Waals surface area contributed by atoms with Crippen LogP contribution >= 0.6 is 15.9 Å². The third-order valence-electron chi connectivity index (χ3n) is 3.75. The zero-order chi connectivity index (χ0) is 15.5. The highest BCUT2D eigenvalue weighted by Gasteiger charge is 2.14. The molecule has 2 aromatic rings. The summed E-state index contributed by atoms with van der Waals surface area (Å²) in [6, 6.07) is 17.7. The number of hydrogen-bond donors (Lipinski definition) is 1. The zero-order valence-electron chi connectivity index (χ0n) is 13.3. The van der Waals surface area contributed by atoms with Gasteiger partial charge < -0.3 is 5.32 Å². The van der Waals surface area contributed by atoms with Gasteiger partial charge in [-0.15, -0.1) is 0 Å². The lowest BCUT2D eigenvalue weighted by Crippen LogP contribution is -2.12. The second-order valence-electron chi connectivity index (χ2n) is 6.49. The Hall–Kier alpha value is -1.28. The summed E-state index contributed by atoms with van der Waals surface area (Å²) >= 11 is 3.55. The fraction of sp³-hybridized carbons (Fsp3) is 0.368. The van der Waals surface area contributed by atoms with E-state index in [0.717, 1.165) is 10.9 Å². The van der Waals surface area contributed by atoms with Gasteiger partial charge in [0.25, 0.3) is 0 Å². The summed E-state index contributed by atoms with van der Waals surface area (Å²) in [5.74, 6) is 0. The van der Waals surface area contributed by atoms with Crippen molar-refractivity contribution in [1.29, 1.82) is 0 Å². The van der Waals surface area contributed by atoms with Crippen molar-refractivity contribution in [1.82, 2.24) is 0 Å². The van der Waals surface area contributed by atoms with Gasteiger partial charge in [-0.3, -0.25) is 0 Å². The van der Waals surface area contributed by atoms with Crippen molar-refractivity contribution in [2.45, 2.75) is 45.6 Å². The highest BCUT2D eigenvalue weighted by Crippen LogP contribution is 2.27. The first-order valence-corrected chi connectivity index (χ1v) is 8.32. The molecule has 2 heteroatoms. The van der Waals surface area contributed by atoms with Crippen LogP contribution in [0.4, 0.5) is 5.69 Å². The molecule has 2 aromatic carbocycles. The molecule has 0 aliphatic heterocycles. The Labute approximate surface area is 136 Å². The third kappa shape index (κ3) is 4.34. The van der Waals surface area contributed by atoms with Gasteiger partial charge in [0, 0.05) is 10.2 Å². The summed E-state index contributed by atoms with van der Waals surface area (Å²) in [7, 11) is 0. The van der Waals surface area contributed by atoms with Gasteiger partial charge in [0.2, 0.25) is 0 Å². The SMILES string of the molecule is CCC(Nc1ccc(C(C)(C)C)cc1)c1cccc(Br)c1. The predicted octanol–water partition coefficient (Wildman–Crippen LogP) is 6.31. The van der Waals surface area contributed by atoms with E-state index in [2.05, 4.69) is 97.5 Å². The smallest absolute Gasteiger partial charge is 0.0511 e. The van der Waals surface area contributed by atoms with Crippen LogP contribution in [0.5, 0.6) is 0 Å². The maximum atomic E-state index is 3.63. The lowest BCUT2D eigenvalue weighted by Gasteiger charge is -2.22. The minimum absolute atomic E-state index is 0.201. The number of benzene rings is 2. The van der Waals surface area contributed by atoms with Gasteiger partial charge in [0.1, 0.15) is 0 Å².